The molecule has 10 nitrogen and oxygen atoms in total. The van der Waals surface area contributed by atoms with Gasteiger partial charge in [0.25, 0.3) is 0 Å². The summed E-state index contributed by atoms with van der Waals surface area (Å²) in [4.78, 5) is 39.0. The van der Waals surface area contributed by atoms with Crippen molar-refractivity contribution in [2.24, 2.45) is 20.0 Å². The van der Waals surface area contributed by atoms with Gasteiger partial charge in [0.2, 0.25) is 0 Å². The predicted octanol–water partition coefficient (Wildman–Crippen LogP) is 2.79. The normalized spacial score (nSPS) is 20.9. The maximum Gasteiger partial charge on any atom is 0.373 e. The van der Waals surface area contributed by atoms with Gasteiger partial charge in [-0.05, 0) is 60.8 Å². The lowest BCUT2D eigenvalue weighted by Gasteiger charge is -1.94. The molecule has 0 aromatic heterocycles. The van der Waals surface area contributed by atoms with Crippen molar-refractivity contribution in [1.29, 1.82) is 0 Å². The Labute approximate surface area is 168 Å². The smallest absolute Gasteiger partial charge is 0.258 e. The van der Waals surface area contributed by atoms with E-state index in [9.17, 15) is 20.2 Å². The van der Waals surface area contributed by atoms with Gasteiger partial charge in [0.15, 0.2) is 11.4 Å². The van der Waals surface area contributed by atoms with E-state index in [1.54, 1.807) is 36.5 Å². The molecule has 30 heavy (non-hydrogen) atoms. The van der Waals surface area contributed by atoms with E-state index in [4.69, 9.17) is 0 Å². The lowest BCUT2D eigenvalue weighted by Crippen LogP contribution is -2.12. The largest absolute Gasteiger partial charge is 0.373 e. The minimum atomic E-state index is -0.800. The minimum absolute atomic E-state index is 0.137. The van der Waals surface area contributed by atoms with E-state index in [2.05, 4.69) is 20.0 Å². The lowest BCUT2D eigenvalue weighted by atomic mass is 10.2. The molecule has 0 amide bonds. The molecule has 0 atom stereocenters. The van der Waals surface area contributed by atoms with Gasteiger partial charge in [-0.25, -0.2) is 20.0 Å². The summed E-state index contributed by atoms with van der Waals surface area (Å²) in [5, 5.41) is 23.2. The summed E-state index contributed by atoms with van der Waals surface area (Å²) >= 11 is 0. The third kappa shape index (κ3) is 3.02. The standard InChI is InChI=1S/C20H10N6O4/c27-25(28)19-17-9-15-5-3-13(22-15)7-11-1-2-12(21-11)8-14-4-6-16(23-14)10-18(24-17)20(19)26(29)30/h1-10H. The van der Waals surface area contributed by atoms with Crippen molar-refractivity contribution in [3.63, 3.8) is 0 Å². The van der Waals surface area contributed by atoms with Crippen LogP contribution in [0.5, 0.6) is 0 Å². The fourth-order valence-corrected chi connectivity index (χ4v) is 3.29. The summed E-state index contributed by atoms with van der Waals surface area (Å²) in [6.45, 7) is 0. The first-order chi connectivity index (χ1) is 14.5. The van der Waals surface area contributed by atoms with Crippen LogP contribution in [-0.4, -0.2) is 32.7 Å². The van der Waals surface area contributed by atoms with Gasteiger partial charge in [0.1, 0.15) is 0 Å². The van der Waals surface area contributed by atoms with E-state index in [-0.39, 0.29) is 11.4 Å². The molecule has 0 radical (unpaired) electrons. The molecule has 144 valence electrons. The molecule has 8 bridgehead atoms. The Balaban J connectivity index is 1.74. The van der Waals surface area contributed by atoms with Crippen molar-refractivity contribution in [1.82, 2.24) is 0 Å². The van der Waals surface area contributed by atoms with Crippen LogP contribution in [0.2, 0.25) is 0 Å². The molecule has 0 aliphatic carbocycles. The number of hydrogen-bond acceptors (Lipinski definition) is 8. The molecule has 5 heterocycles. The summed E-state index contributed by atoms with van der Waals surface area (Å²) in [5.41, 5.74) is 1.75. The third-order valence-electron chi connectivity index (χ3n) is 4.53. The van der Waals surface area contributed by atoms with Crippen molar-refractivity contribution in [2.75, 3.05) is 0 Å². The number of rotatable bonds is 2. The van der Waals surface area contributed by atoms with Crippen LogP contribution in [0.4, 0.5) is 0 Å². The van der Waals surface area contributed by atoms with E-state index in [1.165, 1.54) is 12.2 Å². The van der Waals surface area contributed by atoms with Crippen LogP contribution in [0.3, 0.4) is 0 Å². The maximum atomic E-state index is 11.6. The Morgan fingerprint density at radius 3 is 1.53 bits per heavy atom. The van der Waals surface area contributed by atoms with Crippen LogP contribution in [-0.2, 0) is 0 Å². The van der Waals surface area contributed by atoms with E-state index in [0.29, 0.717) is 34.2 Å². The molecule has 5 aliphatic heterocycles. The molecular weight excluding hydrogens is 388 g/mol. The molecule has 10 heteroatoms. The van der Waals surface area contributed by atoms with E-state index >= 15 is 0 Å². The molecule has 0 fully saturated rings. The van der Waals surface area contributed by atoms with Gasteiger partial charge in [0, 0.05) is 0 Å². The highest BCUT2D eigenvalue weighted by molar-refractivity contribution is 6.15. The number of fused-ring (bicyclic) bond motifs is 4. The van der Waals surface area contributed by atoms with Crippen molar-refractivity contribution in [3.8, 4) is 0 Å². The highest BCUT2D eigenvalue weighted by Crippen LogP contribution is 2.29. The van der Waals surface area contributed by atoms with Gasteiger partial charge in [0.05, 0.1) is 44.1 Å². The van der Waals surface area contributed by atoms with Gasteiger partial charge in [-0.3, -0.25) is 20.2 Å². The average molecular weight is 398 g/mol. The Morgan fingerprint density at radius 2 is 1.03 bits per heavy atom. The van der Waals surface area contributed by atoms with Crippen LogP contribution in [0, 0.1) is 20.2 Å². The summed E-state index contributed by atoms with van der Waals surface area (Å²) < 4.78 is 0. The molecule has 0 unspecified atom stereocenters. The van der Waals surface area contributed by atoms with Crippen molar-refractivity contribution in [3.05, 3.63) is 115 Å². The first-order valence-electron chi connectivity index (χ1n) is 8.76. The van der Waals surface area contributed by atoms with Crippen molar-refractivity contribution >= 4 is 22.8 Å². The zero-order chi connectivity index (χ0) is 20.8. The molecule has 0 saturated heterocycles. The van der Waals surface area contributed by atoms with Crippen LogP contribution >= 0.6 is 0 Å². The number of allylic oxidation sites excluding steroid dienone is 10. The molecule has 0 aromatic carbocycles. The maximum absolute atomic E-state index is 11.6. The highest BCUT2D eigenvalue weighted by Gasteiger charge is 2.42. The summed E-state index contributed by atoms with van der Waals surface area (Å²) in [5.74, 6) is 0. The fraction of sp³-hybridized carbons (Fsp3) is 0. The van der Waals surface area contributed by atoms with Crippen LogP contribution < -0.4 is 0 Å². The third-order valence-corrected chi connectivity index (χ3v) is 4.53. The fourth-order valence-electron chi connectivity index (χ4n) is 3.29. The zero-order valence-corrected chi connectivity index (χ0v) is 15.1. The Bertz CT molecular complexity index is 1320. The molecular formula is C20H10N6O4. The first-order valence-corrected chi connectivity index (χ1v) is 8.76. The minimum Gasteiger partial charge on any atom is -0.258 e. The molecule has 5 aliphatic rings. The Morgan fingerprint density at radius 1 is 0.567 bits per heavy atom. The summed E-state index contributed by atoms with van der Waals surface area (Å²) in [6.07, 6.45) is 16.7. The Hall–Kier alpha value is -4.60. The van der Waals surface area contributed by atoms with Gasteiger partial charge in [-0.15, -0.1) is 0 Å². The second-order valence-corrected chi connectivity index (χ2v) is 6.56. The first kappa shape index (κ1) is 17.5. The van der Waals surface area contributed by atoms with Crippen molar-refractivity contribution in [2.45, 2.75) is 0 Å². The van der Waals surface area contributed by atoms with Gasteiger partial charge in [-0.2, -0.15) is 0 Å². The number of hydrogen-bond donors (Lipinski definition) is 0. The van der Waals surface area contributed by atoms with Crippen LogP contribution in [0.15, 0.2) is 115 Å². The zero-order valence-electron chi connectivity index (χ0n) is 15.1. The van der Waals surface area contributed by atoms with Gasteiger partial charge < -0.3 is 0 Å². The van der Waals surface area contributed by atoms with Crippen LogP contribution in [0.1, 0.15) is 0 Å². The van der Waals surface area contributed by atoms with Gasteiger partial charge in [-0.1, -0.05) is 0 Å². The van der Waals surface area contributed by atoms with E-state index in [1.807, 2.05) is 12.2 Å². The topological polar surface area (TPSA) is 136 Å². The number of nitrogens with zero attached hydrogens (tertiary/aromatic N) is 6. The molecule has 0 saturated carbocycles. The van der Waals surface area contributed by atoms with E-state index in [0.717, 1.165) is 0 Å². The predicted molar refractivity (Wildman–Crippen MR) is 111 cm³/mol. The SMILES string of the molecule is O=[N+]([O-])C1=C([N+](=O)[O-])C2=NC1=CC1=NC(=CC3=NC(=CC4=NC(=C2)C=C4)C=C3)C=C1. The lowest BCUT2D eigenvalue weighted by molar-refractivity contribution is -0.460. The second kappa shape index (κ2) is 6.48. The number of aliphatic imine (C=N–C) groups is 4. The summed E-state index contributed by atoms with van der Waals surface area (Å²) in [7, 11) is 0. The van der Waals surface area contributed by atoms with E-state index < -0.39 is 21.2 Å². The Kier molecular flexibility index (Phi) is 3.78. The summed E-state index contributed by atoms with van der Waals surface area (Å²) in [6, 6.07) is 0. The van der Waals surface area contributed by atoms with Crippen molar-refractivity contribution < 1.29 is 9.85 Å². The average Bonchev–Trinajstić information content (AvgIpc) is 3.44. The number of nitro groups is 2. The molecule has 0 N–H and O–H groups in total. The molecule has 0 aromatic rings. The van der Waals surface area contributed by atoms with Crippen LogP contribution in [0.25, 0.3) is 0 Å². The molecule has 5 rings (SSSR count). The van der Waals surface area contributed by atoms with Gasteiger partial charge >= 0.3 is 11.4 Å². The monoisotopic (exact) mass is 398 g/mol. The quantitative estimate of drug-likeness (QED) is 0.522. The highest BCUT2D eigenvalue weighted by atomic mass is 16.6. The second-order valence-electron chi connectivity index (χ2n) is 6.56. The molecule has 0 spiro atoms.